The Bertz CT molecular complexity index is 585. The number of rotatable bonds is 3. The maximum atomic E-state index is 10.9. The number of fused-ring (bicyclic) bond motifs is 1. The number of hydrogen-bond acceptors (Lipinski definition) is 3. The van der Waals surface area contributed by atoms with Crippen LogP contribution in [0.15, 0.2) is 24.5 Å². The average Bonchev–Trinajstić information content (AvgIpc) is 2.87. The van der Waals surface area contributed by atoms with Gasteiger partial charge in [0, 0.05) is 11.7 Å². The molecule has 0 atom stereocenters. The Morgan fingerprint density at radius 2 is 2.11 bits per heavy atom. The van der Waals surface area contributed by atoms with Gasteiger partial charge in [-0.1, -0.05) is 0 Å². The van der Waals surface area contributed by atoms with E-state index in [1.54, 1.807) is 6.33 Å². The number of nitrogens with one attached hydrogen (secondary N) is 2. The third-order valence-electron chi connectivity index (χ3n) is 3.87. The zero-order chi connectivity index (χ0) is 13.2. The van der Waals surface area contributed by atoms with Gasteiger partial charge in [0.25, 0.3) is 0 Å². The molecule has 1 aromatic carbocycles. The molecule has 0 radical (unpaired) electrons. The van der Waals surface area contributed by atoms with Crippen LogP contribution < -0.4 is 5.32 Å². The lowest BCUT2D eigenvalue weighted by atomic mass is 9.86. The van der Waals surface area contributed by atoms with Crippen molar-refractivity contribution in [1.82, 2.24) is 9.97 Å². The number of aromatic nitrogens is 2. The molecule has 1 aliphatic rings. The highest BCUT2D eigenvalue weighted by Gasteiger charge is 2.25. The molecule has 0 spiro atoms. The van der Waals surface area contributed by atoms with Crippen LogP contribution in [0.25, 0.3) is 11.0 Å². The largest absolute Gasteiger partial charge is 0.481 e. The molecule has 1 fully saturated rings. The molecule has 19 heavy (non-hydrogen) atoms. The van der Waals surface area contributed by atoms with E-state index in [2.05, 4.69) is 15.3 Å². The van der Waals surface area contributed by atoms with E-state index in [0.29, 0.717) is 6.04 Å². The lowest BCUT2D eigenvalue weighted by Crippen LogP contribution is -2.29. The molecule has 0 amide bonds. The highest BCUT2D eigenvalue weighted by atomic mass is 16.4. The minimum Gasteiger partial charge on any atom is -0.481 e. The van der Waals surface area contributed by atoms with Crippen molar-refractivity contribution >= 4 is 22.7 Å². The molecule has 0 aliphatic heterocycles. The molecule has 0 bridgehead atoms. The molecule has 3 rings (SSSR count). The van der Waals surface area contributed by atoms with E-state index in [4.69, 9.17) is 5.11 Å². The summed E-state index contributed by atoms with van der Waals surface area (Å²) in [5, 5.41) is 12.5. The summed E-state index contributed by atoms with van der Waals surface area (Å²) in [7, 11) is 0. The fraction of sp³-hybridized carbons (Fsp3) is 0.429. The highest BCUT2D eigenvalue weighted by Crippen LogP contribution is 2.27. The van der Waals surface area contributed by atoms with Crippen LogP contribution in [-0.4, -0.2) is 27.1 Å². The Labute approximate surface area is 111 Å². The third-order valence-corrected chi connectivity index (χ3v) is 3.87. The highest BCUT2D eigenvalue weighted by molar-refractivity contribution is 5.78. The van der Waals surface area contributed by atoms with Gasteiger partial charge < -0.3 is 15.4 Å². The van der Waals surface area contributed by atoms with Gasteiger partial charge in [-0.25, -0.2) is 4.98 Å². The second-order valence-corrected chi connectivity index (χ2v) is 5.17. The van der Waals surface area contributed by atoms with Gasteiger partial charge in [0.1, 0.15) is 0 Å². The number of benzene rings is 1. The second-order valence-electron chi connectivity index (χ2n) is 5.17. The number of carboxylic acids is 1. The molecule has 2 aromatic rings. The number of H-pyrrole nitrogens is 1. The van der Waals surface area contributed by atoms with Crippen molar-refractivity contribution in [3.8, 4) is 0 Å². The van der Waals surface area contributed by atoms with E-state index in [1.807, 2.05) is 18.2 Å². The Kier molecular flexibility index (Phi) is 3.11. The molecule has 1 saturated carbocycles. The van der Waals surface area contributed by atoms with Gasteiger partial charge in [-0.2, -0.15) is 0 Å². The van der Waals surface area contributed by atoms with Crippen LogP contribution >= 0.6 is 0 Å². The zero-order valence-electron chi connectivity index (χ0n) is 10.6. The van der Waals surface area contributed by atoms with Gasteiger partial charge in [-0.3, -0.25) is 4.79 Å². The minimum absolute atomic E-state index is 0.159. The van der Waals surface area contributed by atoms with Crippen molar-refractivity contribution in [3.63, 3.8) is 0 Å². The van der Waals surface area contributed by atoms with E-state index in [1.165, 1.54) is 0 Å². The van der Waals surface area contributed by atoms with E-state index in [0.717, 1.165) is 42.4 Å². The van der Waals surface area contributed by atoms with E-state index >= 15 is 0 Å². The molecule has 0 saturated heterocycles. The molecular weight excluding hydrogens is 242 g/mol. The number of carboxylic acid groups (broad SMARTS) is 1. The normalized spacial score (nSPS) is 23.4. The van der Waals surface area contributed by atoms with Gasteiger partial charge in [0.15, 0.2) is 0 Å². The Morgan fingerprint density at radius 1 is 1.32 bits per heavy atom. The molecule has 1 aromatic heterocycles. The Balaban J connectivity index is 1.64. The first-order valence-electron chi connectivity index (χ1n) is 6.65. The summed E-state index contributed by atoms with van der Waals surface area (Å²) in [5.41, 5.74) is 3.04. The van der Waals surface area contributed by atoms with Crippen molar-refractivity contribution in [2.24, 2.45) is 5.92 Å². The SMILES string of the molecule is O=C(O)C1CCC(Nc2ccc3nc[nH]c3c2)CC1. The minimum atomic E-state index is -0.655. The molecule has 0 unspecified atom stereocenters. The maximum Gasteiger partial charge on any atom is 0.306 e. The number of aromatic amines is 1. The van der Waals surface area contributed by atoms with Crippen LogP contribution in [0.4, 0.5) is 5.69 Å². The van der Waals surface area contributed by atoms with Gasteiger partial charge in [0.05, 0.1) is 23.3 Å². The van der Waals surface area contributed by atoms with Crippen molar-refractivity contribution in [2.45, 2.75) is 31.7 Å². The van der Waals surface area contributed by atoms with E-state index < -0.39 is 5.97 Å². The second kappa shape index (κ2) is 4.91. The number of anilines is 1. The fourth-order valence-electron chi connectivity index (χ4n) is 2.75. The molecule has 100 valence electrons. The quantitative estimate of drug-likeness (QED) is 0.791. The molecule has 1 aliphatic carbocycles. The van der Waals surface area contributed by atoms with Crippen molar-refractivity contribution < 1.29 is 9.90 Å². The average molecular weight is 259 g/mol. The third kappa shape index (κ3) is 2.54. The summed E-state index contributed by atoms with van der Waals surface area (Å²) in [6, 6.07) is 6.42. The molecule has 5 nitrogen and oxygen atoms in total. The summed E-state index contributed by atoms with van der Waals surface area (Å²) < 4.78 is 0. The standard InChI is InChI=1S/C14H17N3O2/c18-14(19)9-1-3-10(4-2-9)17-11-5-6-12-13(7-11)16-8-15-12/h5-10,17H,1-4H2,(H,15,16)(H,18,19). The Hall–Kier alpha value is -2.04. The van der Waals surface area contributed by atoms with Crippen molar-refractivity contribution in [2.75, 3.05) is 5.32 Å². The number of carbonyl (C=O) groups is 1. The van der Waals surface area contributed by atoms with Gasteiger partial charge >= 0.3 is 5.97 Å². The van der Waals surface area contributed by atoms with Gasteiger partial charge in [-0.05, 0) is 43.9 Å². The number of hydrogen-bond donors (Lipinski definition) is 3. The first-order valence-corrected chi connectivity index (χ1v) is 6.65. The van der Waals surface area contributed by atoms with Crippen molar-refractivity contribution in [1.29, 1.82) is 0 Å². The van der Waals surface area contributed by atoms with Gasteiger partial charge in [-0.15, -0.1) is 0 Å². The topological polar surface area (TPSA) is 78.0 Å². The van der Waals surface area contributed by atoms with Crippen LogP contribution in [0.2, 0.25) is 0 Å². The monoisotopic (exact) mass is 259 g/mol. The van der Waals surface area contributed by atoms with E-state index in [-0.39, 0.29) is 5.92 Å². The zero-order valence-corrected chi connectivity index (χ0v) is 10.6. The first-order chi connectivity index (χ1) is 9.22. The predicted molar refractivity (Wildman–Crippen MR) is 73.1 cm³/mol. The first kappa shape index (κ1) is 12.0. The van der Waals surface area contributed by atoms with Crippen LogP contribution in [0.3, 0.4) is 0 Å². The van der Waals surface area contributed by atoms with Crippen molar-refractivity contribution in [3.05, 3.63) is 24.5 Å². The maximum absolute atomic E-state index is 10.9. The molecule has 3 N–H and O–H groups in total. The van der Waals surface area contributed by atoms with Crippen LogP contribution in [0, 0.1) is 5.92 Å². The Morgan fingerprint density at radius 3 is 2.84 bits per heavy atom. The molecule has 1 heterocycles. The summed E-state index contributed by atoms with van der Waals surface area (Å²) in [5.74, 6) is -0.814. The summed E-state index contributed by atoms with van der Waals surface area (Å²) in [4.78, 5) is 18.2. The lowest BCUT2D eigenvalue weighted by Gasteiger charge is -2.27. The number of nitrogens with zero attached hydrogens (tertiary/aromatic N) is 1. The smallest absolute Gasteiger partial charge is 0.306 e. The lowest BCUT2D eigenvalue weighted by molar-refractivity contribution is -0.142. The van der Waals surface area contributed by atoms with Crippen LogP contribution in [-0.2, 0) is 4.79 Å². The predicted octanol–water partition coefficient (Wildman–Crippen LogP) is 2.62. The summed E-state index contributed by atoms with van der Waals surface area (Å²) >= 11 is 0. The van der Waals surface area contributed by atoms with Gasteiger partial charge in [0.2, 0.25) is 0 Å². The molecule has 5 heteroatoms. The number of aliphatic carboxylic acids is 1. The fourth-order valence-corrected chi connectivity index (χ4v) is 2.75. The summed E-state index contributed by atoms with van der Waals surface area (Å²) in [6.45, 7) is 0. The number of imidazole rings is 1. The molecular formula is C14H17N3O2. The van der Waals surface area contributed by atoms with E-state index in [9.17, 15) is 4.79 Å². The van der Waals surface area contributed by atoms with Crippen LogP contribution in [0.5, 0.6) is 0 Å². The summed E-state index contributed by atoms with van der Waals surface area (Å²) in [6.07, 6.45) is 5.04. The van der Waals surface area contributed by atoms with Crippen LogP contribution in [0.1, 0.15) is 25.7 Å².